The minimum atomic E-state index is 0.256. The zero-order chi connectivity index (χ0) is 16.3. The van der Waals surface area contributed by atoms with Gasteiger partial charge in [0.05, 0.1) is 0 Å². The smallest absolute Gasteiger partial charge is 0.00336 e. The highest BCUT2D eigenvalue weighted by molar-refractivity contribution is 5.28. The molecule has 1 aromatic carbocycles. The van der Waals surface area contributed by atoms with Gasteiger partial charge in [0.2, 0.25) is 0 Å². The Balaban J connectivity index is 1.89. The molecule has 122 valence electrons. The molecule has 2 atom stereocenters. The van der Waals surface area contributed by atoms with Crippen molar-refractivity contribution in [1.29, 1.82) is 0 Å². The van der Waals surface area contributed by atoms with Gasteiger partial charge in [-0.05, 0) is 75.3 Å². The van der Waals surface area contributed by atoms with Gasteiger partial charge in [-0.15, -0.1) is 5.73 Å². The van der Waals surface area contributed by atoms with E-state index in [9.17, 15) is 0 Å². The van der Waals surface area contributed by atoms with Gasteiger partial charge in [-0.1, -0.05) is 55.0 Å². The van der Waals surface area contributed by atoms with Crippen LogP contribution in [-0.2, 0) is 6.42 Å². The van der Waals surface area contributed by atoms with E-state index in [1.165, 1.54) is 61.6 Å². The average Bonchev–Trinajstić information content (AvgIpc) is 2.76. The van der Waals surface area contributed by atoms with Gasteiger partial charge in [-0.25, -0.2) is 0 Å². The van der Waals surface area contributed by atoms with Crippen molar-refractivity contribution in [3.8, 4) is 0 Å². The highest BCUT2D eigenvalue weighted by Crippen LogP contribution is 2.57. The summed E-state index contributed by atoms with van der Waals surface area (Å²) in [4.78, 5) is 0. The summed E-state index contributed by atoms with van der Waals surface area (Å²) < 4.78 is 0. The predicted octanol–water partition coefficient (Wildman–Crippen LogP) is 6.56. The van der Waals surface area contributed by atoms with Crippen molar-refractivity contribution < 1.29 is 0 Å². The van der Waals surface area contributed by atoms with Gasteiger partial charge < -0.3 is 0 Å². The van der Waals surface area contributed by atoms with Gasteiger partial charge in [0.15, 0.2) is 0 Å². The molecular formula is C23H30. The van der Waals surface area contributed by atoms with Crippen LogP contribution in [0.1, 0.15) is 63.0 Å². The zero-order valence-electron chi connectivity index (χ0n) is 14.8. The highest BCUT2D eigenvalue weighted by Gasteiger charge is 2.47. The Morgan fingerprint density at radius 3 is 2.65 bits per heavy atom. The lowest BCUT2D eigenvalue weighted by molar-refractivity contribution is 0.288. The van der Waals surface area contributed by atoms with Crippen LogP contribution in [0.2, 0.25) is 0 Å². The number of allylic oxidation sites excluding steroid dienone is 3. The summed E-state index contributed by atoms with van der Waals surface area (Å²) in [6.07, 6.45) is 15.4. The molecule has 0 heterocycles. The van der Waals surface area contributed by atoms with E-state index in [1.54, 1.807) is 0 Å². The first kappa shape index (κ1) is 16.3. The minimum Gasteiger partial charge on any atom is -0.129 e. The summed E-state index contributed by atoms with van der Waals surface area (Å²) in [7, 11) is 0. The number of rotatable bonds is 3. The molecule has 0 radical (unpaired) electrons. The summed E-state index contributed by atoms with van der Waals surface area (Å²) in [5.74, 6) is 0. The zero-order valence-corrected chi connectivity index (χ0v) is 14.8. The van der Waals surface area contributed by atoms with Crippen LogP contribution in [0.15, 0.2) is 54.3 Å². The summed E-state index contributed by atoms with van der Waals surface area (Å²) in [6, 6.07) is 9.10. The molecule has 1 aromatic rings. The number of hydrogen-bond donors (Lipinski definition) is 0. The average molecular weight is 306 g/mol. The monoisotopic (exact) mass is 306 g/mol. The topological polar surface area (TPSA) is 0 Å². The Bertz CT molecular complexity index is 627. The van der Waals surface area contributed by atoms with E-state index >= 15 is 0 Å². The largest absolute Gasteiger partial charge is 0.129 e. The summed E-state index contributed by atoms with van der Waals surface area (Å²) in [5.41, 5.74) is 8.11. The maximum absolute atomic E-state index is 3.98. The fourth-order valence-corrected chi connectivity index (χ4v) is 4.74. The lowest BCUT2D eigenvalue weighted by Gasteiger charge is -2.33. The van der Waals surface area contributed by atoms with Crippen molar-refractivity contribution in [2.45, 2.75) is 65.2 Å². The van der Waals surface area contributed by atoms with Gasteiger partial charge in [-0.2, -0.15) is 0 Å². The summed E-state index contributed by atoms with van der Waals surface area (Å²) in [5, 5.41) is 0. The molecule has 0 aliphatic heterocycles. The molecule has 0 amide bonds. The van der Waals surface area contributed by atoms with Gasteiger partial charge >= 0.3 is 0 Å². The van der Waals surface area contributed by atoms with E-state index in [1.807, 2.05) is 0 Å². The fraction of sp³-hybridized carbons (Fsp3) is 0.522. The Morgan fingerprint density at radius 1 is 1.13 bits per heavy atom. The number of hydrogen-bond acceptors (Lipinski definition) is 0. The Kier molecular flexibility index (Phi) is 4.64. The van der Waals surface area contributed by atoms with Crippen molar-refractivity contribution in [2.24, 2.45) is 10.8 Å². The number of aryl methyl sites for hydroxylation is 1. The second kappa shape index (κ2) is 6.54. The molecule has 2 aliphatic carbocycles. The molecule has 3 rings (SSSR count). The van der Waals surface area contributed by atoms with Crippen LogP contribution in [0.5, 0.6) is 0 Å². The Labute approximate surface area is 142 Å². The van der Waals surface area contributed by atoms with Crippen LogP contribution < -0.4 is 0 Å². The van der Waals surface area contributed by atoms with E-state index in [4.69, 9.17) is 0 Å². The molecule has 0 nitrogen and oxygen atoms in total. The van der Waals surface area contributed by atoms with E-state index < -0.39 is 0 Å². The fourth-order valence-electron chi connectivity index (χ4n) is 4.74. The molecule has 23 heavy (non-hydrogen) atoms. The highest BCUT2D eigenvalue weighted by atomic mass is 14.5. The first-order valence-electron chi connectivity index (χ1n) is 9.18. The molecular weight excluding hydrogens is 276 g/mol. The van der Waals surface area contributed by atoms with E-state index in [0.29, 0.717) is 5.41 Å². The molecule has 0 N–H and O–H groups in total. The molecule has 0 aromatic heterocycles. The van der Waals surface area contributed by atoms with E-state index in [-0.39, 0.29) is 5.41 Å². The quantitative estimate of drug-likeness (QED) is 0.438. The van der Waals surface area contributed by atoms with Gasteiger partial charge in [-0.3, -0.25) is 0 Å². The van der Waals surface area contributed by atoms with Crippen LogP contribution in [0.25, 0.3) is 0 Å². The van der Waals surface area contributed by atoms with Crippen LogP contribution in [-0.4, -0.2) is 0 Å². The molecule has 2 unspecified atom stereocenters. The van der Waals surface area contributed by atoms with Crippen molar-refractivity contribution in [3.63, 3.8) is 0 Å². The Morgan fingerprint density at radius 2 is 1.91 bits per heavy atom. The van der Waals surface area contributed by atoms with E-state index in [2.05, 4.69) is 62.6 Å². The third kappa shape index (κ3) is 3.38. The lowest BCUT2D eigenvalue weighted by atomic mass is 9.70. The first-order chi connectivity index (χ1) is 11.1. The second-order valence-electron chi connectivity index (χ2n) is 7.93. The second-order valence-corrected chi connectivity index (χ2v) is 7.93. The standard InChI is InChI=1S/C23H30/c1-4-20(3)23(17-21-11-9-19(2)10-12-21)16-15-22(18-23)13-7-5-6-8-14-22/h7,9-13H,1,5-6,8,14-18H2,2-3H3. The predicted molar refractivity (Wildman–Crippen MR) is 99.5 cm³/mol. The summed E-state index contributed by atoms with van der Waals surface area (Å²) >= 11 is 0. The third-order valence-electron chi connectivity index (χ3n) is 6.28. The van der Waals surface area contributed by atoms with Crippen LogP contribution in [0, 0.1) is 17.8 Å². The van der Waals surface area contributed by atoms with Gasteiger partial charge in [0.1, 0.15) is 0 Å². The maximum atomic E-state index is 3.98. The third-order valence-corrected chi connectivity index (χ3v) is 6.28. The van der Waals surface area contributed by atoms with Crippen molar-refractivity contribution in [1.82, 2.24) is 0 Å². The maximum Gasteiger partial charge on any atom is 0.00336 e. The SMILES string of the molecule is C=C=C(C)C1(Cc2ccc(C)cc2)CCC2(C=CCCCC2)C1. The van der Waals surface area contributed by atoms with Crippen molar-refractivity contribution in [2.75, 3.05) is 0 Å². The van der Waals surface area contributed by atoms with Crippen molar-refractivity contribution in [3.05, 3.63) is 65.4 Å². The molecule has 1 spiro atoms. The van der Waals surface area contributed by atoms with Gasteiger partial charge in [0, 0.05) is 5.41 Å². The lowest BCUT2D eigenvalue weighted by Crippen LogP contribution is -2.24. The molecule has 2 aliphatic rings. The molecule has 0 bridgehead atoms. The number of benzene rings is 1. The van der Waals surface area contributed by atoms with Crippen molar-refractivity contribution >= 4 is 0 Å². The van der Waals surface area contributed by atoms with Crippen LogP contribution in [0.4, 0.5) is 0 Å². The Hall–Kier alpha value is -1.52. The first-order valence-corrected chi connectivity index (χ1v) is 9.18. The van der Waals surface area contributed by atoms with E-state index in [0.717, 1.165) is 6.42 Å². The molecule has 0 saturated heterocycles. The molecule has 0 heteroatoms. The van der Waals surface area contributed by atoms with Gasteiger partial charge in [0.25, 0.3) is 0 Å². The molecule has 1 saturated carbocycles. The van der Waals surface area contributed by atoms with Crippen LogP contribution >= 0.6 is 0 Å². The summed E-state index contributed by atoms with van der Waals surface area (Å²) in [6.45, 7) is 8.39. The molecule has 1 fully saturated rings. The van der Waals surface area contributed by atoms with Crippen LogP contribution in [0.3, 0.4) is 0 Å². The normalized spacial score (nSPS) is 30.2. The minimum absolute atomic E-state index is 0.256.